The summed E-state index contributed by atoms with van der Waals surface area (Å²) in [5, 5.41) is 0. The molecule has 0 aliphatic heterocycles. The Bertz CT molecular complexity index is 717. The van der Waals surface area contributed by atoms with Crippen LogP contribution in [0.5, 0.6) is 0 Å². The molecule has 8 aliphatic rings. The Labute approximate surface area is 180 Å². The van der Waals surface area contributed by atoms with Gasteiger partial charge in [0.1, 0.15) is 6.61 Å². The third-order valence-corrected chi connectivity index (χ3v) is 10.1. The summed E-state index contributed by atoms with van der Waals surface area (Å²) in [6.45, 7) is 5.79. The van der Waals surface area contributed by atoms with Crippen LogP contribution in [0.15, 0.2) is 12.2 Å². The minimum absolute atomic E-state index is 0.0150. The van der Waals surface area contributed by atoms with Crippen molar-refractivity contribution < 1.29 is 19.1 Å². The molecule has 0 radical (unpaired) electrons. The van der Waals surface area contributed by atoms with Crippen LogP contribution in [0.4, 0.5) is 0 Å². The lowest BCUT2D eigenvalue weighted by molar-refractivity contribution is -0.228. The summed E-state index contributed by atoms with van der Waals surface area (Å²) in [5.74, 6) is 4.07. The summed E-state index contributed by atoms with van der Waals surface area (Å²) in [4.78, 5) is 26.2. The van der Waals surface area contributed by atoms with Crippen molar-refractivity contribution in [2.75, 3.05) is 6.61 Å². The zero-order valence-electron chi connectivity index (χ0n) is 18.4. The van der Waals surface area contributed by atoms with Gasteiger partial charge in [0.05, 0.1) is 5.41 Å². The van der Waals surface area contributed by atoms with E-state index in [-0.39, 0.29) is 24.0 Å². The first-order chi connectivity index (χ1) is 14.3. The molecule has 0 spiro atoms. The maximum Gasteiger partial charge on any atom is 0.333 e. The lowest BCUT2D eigenvalue weighted by Gasteiger charge is -2.60. The van der Waals surface area contributed by atoms with Gasteiger partial charge in [0, 0.05) is 17.4 Å². The molecule has 0 amide bonds. The van der Waals surface area contributed by atoms with E-state index in [1.165, 1.54) is 25.7 Å². The minimum atomic E-state index is -0.624. The van der Waals surface area contributed by atoms with E-state index < -0.39 is 5.60 Å². The second-order valence-corrected chi connectivity index (χ2v) is 12.2. The highest BCUT2D eigenvalue weighted by Crippen LogP contribution is 2.62. The molecule has 164 valence electrons. The van der Waals surface area contributed by atoms with Gasteiger partial charge in [-0.3, -0.25) is 4.79 Å². The highest BCUT2D eigenvalue weighted by molar-refractivity contribution is 5.87. The normalized spacial score (nSPS) is 49.8. The Morgan fingerprint density at radius 1 is 0.800 bits per heavy atom. The number of hydrogen-bond acceptors (Lipinski definition) is 4. The number of esters is 2. The molecule has 0 heterocycles. The molecule has 4 heteroatoms. The van der Waals surface area contributed by atoms with E-state index >= 15 is 0 Å². The third kappa shape index (κ3) is 2.84. The lowest BCUT2D eigenvalue weighted by Crippen LogP contribution is -2.62. The zero-order valence-corrected chi connectivity index (χ0v) is 18.4. The molecule has 8 fully saturated rings. The summed E-state index contributed by atoms with van der Waals surface area (Å²) in [5.41, 5.74) is -0.433. The van der Waals surface area contributed by atoms with Crippen LogP contribution in [0.2, 0.25) is 0 Å². The minimum Gasteiger partial charge on any atom is -0.461 e. The molecule has 30 heavy (non-hydrogen) atoms. The number of carbonyl (C=O) groups excluding carboxylic acids is 2. The van der Waals surface area contributed by atoms with Crippen LogP contribution >= 0.6 is 0 Å². The van der Waals surface area contributed by atoms with Crippen molar-refractivity contribution in [2.24, 2.45) is 46.8 Å². The van der Waals surface area contributed by atoms with E-state index in [1.807, 2.05) is 0 Å². The van der Waals surface area contributed by atoms with Crippen molar-refractivity contribution in [3.8, 4) is 0 Å². The van der Waals surface area contributed by atoms with Crippen LogP contribution in [0.3, 0.4) is 0 Å². The second-order valence-electron chi connectivity index (χ2n) is 12.2. The number of rotatable bonds is 5. The van der Waals surface area contributed by atoms with Gasteiger partial charge in [-0.05, 0) is 107 Å². The fourth-order valence-corrected chi connectivity index (χ4v) is 9.37. The summed E-state index contributed by atoms with van der Waals surface area (Å²) in [7, 11) is 0. The lowest BCUT2D eigenvalue weighted by atomic mass is 9.49. The van der Waals surface area contributed by atoms with Crippen molar-refractivity contribution >= 4 is 11.9 Å². The van der Waals surface area contributed by atoms with E-state index in [2.05, 4.69) is 6.58 Å². The predicted octanol–water partition coefficient (Wildman–Crippen LogP) is 5.06. The molecule has 0 saturated heterocycles. The largest absolute Gasteiger partial charge is 0.461 e. The average molecular weight is 413 g/mol. The van der Waals surface area contributed by atoms with E-state index in [4.69, 9.17) is 9.47 Å². The molecule has 0 atom stereocenters. The molecule has 8 aliphatic carbocycles. The molecule has 8 saturated carbocycles. The summed E-state index contributed by atoms with van der Waals surface area (Å²) in [6.07, 6.45) is 12.8. The summed E-state index contributed by atoms with van der Waals surface area (Å²) < 4.78 is 12.4. The van der Waals surface area contributed by atoms with E-state index in [9.17, 15) is 9.59 Å². The van der Waals surface area contributed by atoms with Crippen molar-refractivity contribution in [1.82, 2.24) is 0 Å². The fraction of sp³-hybridized carbons (Fsp3) is 0.846. The molecule has 0 aromatic heterocycles. The van der Waals surface area contributed by atoms with Gasteiger partial charge in [0.2, 0.25) is 0 Å². The Hall–Kier alpha value is -1.32. The number of ether oxygens (including phenoxy) is 2. The van der Waals surface area contributed by atoms with Gasteiger partial charge >= 0.3 is 11.9 Å². The van der Waals surface area contributed by atoms with Crippen LogP contribution in [0.25, 0.3) is 0 Å². The fourth-order valence-electron chi connectivity index (χ4n) is 9.37. The van der Waals surface area contributed by atoms with Gasteiger partial charge in [0.15, 0.2) is 5.60 Å². The maximum atomic E-state index is 13.5. The Kier molecular flexibility index (Phi) is 4.26. The van der Waals surface area contributed by atoms with E-state index in [0.29, 0.717) is 17.4 Å². The van der Waals surface area contributed by atoms with Crippen LogP contribution < -0.4 is 0 Å². The first kappa shape index (κ1) is 19.4. The standard InChI is InChI=1S/C26H36O4/c1-15(2)23(27)30-26(21-7-16-3-17(9-21)10-22(26)8-16)14-29-24(28)25-11-18-4-19(12-25)6-20(5-18)13-25/h16-22H,1,3-14H2,2H3. The van der Waals surface area contributed by atoms with Gasteiger partial charge in [-0.1, -0.05) is 6.58 Å². The molecule has 0 aromatic rings. The van der Waals surface area contributed by atoms with E-state index in [1.54, 1.807) is 6.92 Å². The zero-order chi connectivity index (χ0) is 20.7. The molecule has 4 nitrogen and oxygen atoms in total. The first-order valence-electron chi connectivity index (χ1n) is 12.4. The molecule has 0 unspecified atom stereocenters. The molecule has 8 rings (SSSR count). The second kappa shape index (κ2) is 6.59. The summed E-state index contributed by atoms with van der Waals surface area (Å²) >= 11 is 0. The quantitative estimate of drug-likeness (QED) is 0.468. The number of hydrogen-bond donors (Lipinski definition) is 0. The van der Waals surface area contributed by atoms with Crippen LogP contribution in [0, 0.1) is 46.8 Å². The van der Waals surface area contributed by atoms with Gasteiger partial charge in [-0.25, -0.2) is 4.79 Å². The molecule has 0 N–H and O–H groups in total. The van der Waals surface area contributed by atoms with Gasteiger partial charge in [-0.15, -0.1) is 0 Å². The average Bonchev–Trinajstić information content (AvgIpc) is 2.67. The van der Waals surface area contributed by atoms with Gasteiger partial charge in [-0.2, -0.15) is 0 Å². The monoisotopic (exact) mass is 412 g/mol. The predicted molar refractivity (Wildman–Crippen MR) is 112 cm³/mol. The summed E-state index contributed by atoms with van der Waals surface area (Å²) in [6, 6.07) is 0. The Morgan fingerprint density at radius 2 is 1.27 bits per heavy atom. The smallest absolute Gasteiger partial charge is 0.333 e. The molecular formula is C26H36O4. The molecular weight excluding hydrogens is 376 g/mol. The third-order valence-electron chi connectivity index (χ3n) is 10.1. The van der Waals surface area contributed by atoms with Crippen molar-refractivity contribution in [3.63, 3.8) is 0 Å². The SMILES string of the molecule is C=C(C)C(=O)OC1(COC(=O)C23CC4CC(CC(C4)C2)C3)C2CC3CC(C2)CC1C3. The van der Waals surface area contributed by atoms with Crippen molar-refractivity contribution in [3.05, 3.63) is 12.2 Å². The van der Waals surface area contributed by atoms with Gasteiger partial charge < -0.3 is 9.47 Å². The van der Waals surface area contributed by atoms with E-state index in [0.717, 1.165) is 74.5 Å². The van der Waals surface area contributed by atoms with Crippen LogP contribution in [-0.4, -0.2) is 24.1 Å². The maximum absolute atomic E-state index is 13.5. The highest BCUT2D eigenvalue weighted by atomic mass is 16.6. The van der Waals surface area contributed by atoms with Crippen molar-refractivity contribution in [1.29, 1.82) is 0 Å². The van der Waals surface area contributed by atoms with Crippen LogP contribution in [0.1, 0.15) is 77.6 Å². The number of carbonyl (C=O) groups is 2. The topological polar surface area (TPSA) is 52.6 Å². The highest BCUT2D eigenvalue weighted by Gasteiger charge is 2.61. The van der Waals surface area contributed by atoms with Gasteiger partial charge in [0.25, 0.3) is 0 Å². The Balaban J connectivity index is 1.23. The van der Waals surface area contributed by atoms with Crippen LogP contribution in [-0.2, 0) is 19.1 Å². The Morgan fingerprint density at radius 3 is 1.73 bits per heavy atom. The molecule has 0 aromatic carbocycles. The van der Waals surface area contributed by atoms with Crippen molar-refractivity contribution in [2.45, 2.75) is 83.2 Å². The molecule has 8 bridgehead atoms. The first-order valence-corrected chi connectivity index (χ1v) is 12.4.